The highest BCUT2D eigenvalue weighted by Gasteiger charge is 2.32. The Morgan fingerprint density at radius 1 is 1.29 bits per heavy atom. The number of methoxy groups -OCH3 is 1. The normalized spacial score (nSPS) is 19.0. The van der Waals surface area contributed by atoms with Crippen LogP contribution in [0, 0.1) is 5.92 Å². The van der Waals surface area contributed by atoms with Crippen LogP contribution in [0.2, 0.25) is 0 Å². The summed E-state index contributed by atoms with van der Waals surface area (Å²) < 4.78 is 38.9. The minimum atomic E-state index is -4.06. The number of thiazole rings is 1. The topological polar surface area (TPSA) is 79.7 Å². The number of likely N-dealkylation sites (N-methyl/N-ethyl adjacent to an activating group) is 1. The molecule has 0 spiro atoms. The van der Waals surface area contributed by atoms with Crippen LogP contribution in [0.1, 0.15) is 35.4 Å². The van der Waals surface area contributed by atoms with E-state index < -0.39 is 10.1 Å². The van der Waals surface area contributed by atoms with Crippen molar-refractivity contribution in [2.45, 2.75) is 31.6 Å². The van der Waals surface area contributed by atoms with Crippen molar-refractivity contribution in [1.29, 1.82) is 0 Å². The second-order valence-corrected chi connectivity index (χ2v) is 10.7. The second-order valence-electron chi connectivity index (χ2n) is 8.38. The highest BCUT2D eigenvalue weighted by molar-refractivity contribution is 7.85. The number of aromatic nitrogens is 1. The predicted octanol–water partition coefficient (Wildman–Crippen LogP) is 4.36. The lowest BCUT2D eigenvalue weighted by Crippen LogP contribution is -2.35. The van der Waals surface area contributed by atoms with Gasteiger partial charge in [0.1, 0.15) is 11.6 Å². The SMILES string of the molecule is COc1cccc2c1CCC(CCc1ccc3scnc3c1)[C@H]2CN(C)CS(=O)(=O)O. The van der Waals surface area contributed by atoms with E-state index in [1.807, 2.05) is 17.6 Å². The molecule has 4 rings (SSSR count). The molecule has 0 radical (unpaired) electrons. The maximum atomic E-state index is 11.4. The van der Waals surface area contributed by atoms with Crippen molar-refractivity contribution in [2.24, 2.45) is 5.92 Å². The van der Waals surface area contributed by atoms with Gasteiger partial charge < -0.3 is 4.74 Å². The van der Waals surface area contributed by atoms with Crippen LogP contribution in [0.25, 0.3) is 10.2 Å². The molecule has 31 heavy (non-hydrogen) atoms. The summed E-state index contributed by atoms with van der Waals surface area (Å²) >= 11 is 1.65. The summed E-state index contributed by atoms with van der Waals surface area (Å²) in [5.74, 6) is 1.12. The Morgan fingerprint density at radius 3 is 2.90 bits per heavy atom. The van der Waals surface area contributed by atoms with Gasteiger partial charge in [-0.15, -0.1) is 11.3 Å². The Hall–Kier alpha value is -2.00. The summed E-state index contributed by atoms with van der Waals surface area (Å²) in [6.45, 7) is 0.565. The molecule has 0 amide bonds. The third-order valence-corrected chi connectivity index (χ3v) is 7.79. The highest BCUT2D eigenvalue weighted by Crippen LogP contribution is 2.42. The number of aryl methyl sites for hydroxylation is 1. The molecule has 2 aromatic carbocycles. The zero-order chi connectivity index (χ0) is 22.0. The summed E-state index contributed by atoms with van der Waals surface area (Å²) in [6, 6.07) is 12.6. The van der Waals surface area contributed by atoms with Gasteiger partial charge in [0.15, 0.2) is 0 Å². The maximum absolute atomic E-state index is 11.4. The van der Waals surface area contributed by atoms with Gasteiger partial charge in [0.25, 0.3) is 10.1 Å². The molecule has 1 aliphatic carbocycles. The van der Waals surface area contributed by atoms with E-state index in [1.165, 1.54) is 21.4 Å². The number of hydrogen-bond acceptors (Lipinski definition) is 6. The van der Waals surface area contributed by atoms with Crippen LogP contribution in [0.3, 0.4) is 0 Å². The number of benzene rings is 2. The van der Waals surface area contributed by atoms with E-state index in [2.05, 4.69) is 29.2 Å². The van der Waals surface area contributed by atoms with Crippen LogP contribution in [-0.4, -0.2) is 49.4 Å². The van der Waals surface area contributed by atoms with Gasteiger partial charge in [0, 0.05) is 6.54 Å². The van der Waals surface area contributed by atoms with Gasteiger partial charge in [-0.25, -0.2) is 4.98 Å². The van der Waals surface area contributed by atoms with Gasteiger partial charge >= 0.3 is 0 Å². The summed E-state index contributed by atoms with van der Waals surface area (Å²) in [5, 5.41) is 0. The molecule has 0 aliphatic heterocycles. The Kier molecular flexibility index (Phi) is 6.62. The van der Waals surface area contributed by atoms with Gasteiger partial charge in [-0.05, 0) is 79.5 Å². The molecule has 0 saturated carbocycles. The van der Waals surface area contributed by atoms with E-state index in [1.54, 1.807) is 30.4 Å². The van der Waals surface area contributed by atoms with Crippen molar-refractivity contribution in [3.8, 4) is 5.75 Å². The first kappa shape index (κ1) is 22.2. The zero-order valence-corrected chi connectivity index (χ0v) is 19.5. The Morgan fingerprint density at radius 2 is 2.13 bits per heavy atom. The Labute approximate surface area is 187 Å². The predicted molar refractivity (Wildman–Crippen MR) is 125 cm³/mol. The largest absolute Gasteiger partial charge is 0.496 e. The smallest absolute Gasteiger partial charge is 0.278 e. The molecule has 6 nitrogen and oxygen atoms in total. The number of rotatable bonds is 8. The number of fused-ring (bicyclic) bond motifs is 2. The van der Waals surface area contributed by atoms with Crippen LogP contribution in [0.15, 0.2) is 41.9 Å². The molecular formula is C23H28N2O4S2. The monoisotopic (exact) mass is 460 g/mol. The minimum absolute atomic E-state index is 0.175. The van der Waals surface area contributed by atoms with Gasteiger partial charge in [-0.3, -0.25) is 9.45 Å². The number of ether oxygens (including phenoxy) is 1. The van der Waals surface area contributed by atoms with Crippen molar-refractivity contribution < 1.29 is 17.7 Å². The average Bonchev–Trinajstić information content (AvgIpc) is 3.19. The van der Waals surface area contributed by atoms with Crippen LogP contribution in [-0.2, 0) is 23.0 Å². The minimum Gasteiger partial charge on any atom is -0.496 e. The fourth-order valence-electron chi connectivity index (χ4n) is 4.84. The van der Waals surface area contributed by atoms with E-state index in [0.29, 0.717) is 12.5 Å². The van der Waals surface area contributed by atoms with Crippen molar-refractivity contribution >= 4 is 31.7 Å². The molecule has 1 heterocycles. The molecule has 1 aromatic heterocycles. The summed E-state index contributed by atoms with van der Waals surface area (Å²) in [4.78, 5) is 6.13. The number of nitrogens with zero attached hydrogens (tertiary/aromatic N) is 2. The second kappa shape index (κ2) is 9.24. The highest BCUT2D eigenvalue weighted by atomic mass is 32.2. The molecule has 1 aliphatic rings. The summed E-state index contributed by atoms with van der Waals surface area (Å²) in [5.41, 5.74) is 6.65. The molecule has 1 N–H and O–H groups in total. The van der Waals surface area contributed by atoms with Crippen molar-refractivity contribution in [3.05, 3.63) is 58.6 Å². The number of hydrogen-bond donors (Lipinski definition) is 1. The average molecular weight is 461 g/mol. The van der Waals surface area contributed by atoms with E-state index >= 15 is 0 Å². The van der Waals surface area contributed by atoms with Crippen molar-refractivity contribution in [2.75, 3.05) is 26.6 Å². The first-order valence-corrected chi connectivity index (χ1v) is 12.9. The summed E-state index contributed by atoms with van der Waals surface area (Å²) in [6.07, 6.45) is 3.94. The van der Waals surface area contributed by atoms with E-state index in [4.69, 9.17) is 4.74 Å². The van der Waals surface area contributed by atoms with E-state index in [9.17, 15) is 13.0 Å². The molecule has 2 atom stereocenters. The maximum Gasteiger partial charge on any atom is 0.278 e. The van der Waals surface area contributed by atoms with Gasteiger partial charge in [-0.1, -0.05) is 18.2 Å². The first-order valence-electron chi connectivity index (χ1n) is 10.5. The third-order valence-electron chi connectivity index (χ3n) is 6.21. The lowest BCUT2D eigenvalue weighted by Gasteiger charge is -2.36. The summed E-state index contributed by atoms with van der Waals surface area (Å²) in [7, 11) is -0.621. The molecular weight excluding hydrogens is 432 g/mol. The van der Waals surface area contributed by atoms with Crippen LogP contribution in [0.5, 0.6) is 5.75 Å². The van der Waals surface area contributed by atoms with Crippen molar-refractivity contribution in [1.82, 2.24) is 9.88 Å². The molecule has 0 bridgehead atoms. The van der Waals surface area contributed by atoms with Gasteiger partial charge in [-0.2, -0.15) is 8.42 Å². The molecule has 166 valence electrons. The quantitative estimate of drug-likeness (QED) is 0.503. The lowest BCUT2D eigenvalue weighted by molar-refractivity contribution is 0.258. The Bertz CT molecular complexity index is 1160. The van der Waals surface area contributed by atoms with E-state index in [-0.39, 0.29) is 11.8 Å². The van der Waals surface area contributed by atoms with Crippen LogP contribution in [0.4, 0.5) is 0 Å². The van der Waals surface area contributed by atoms with Gasteiger partial charge in [0.05, 0.1) is 22.8 Å². The standard InChI is InChI=1S/C23H28N2O4S2/c1-25(15-31(26,27)28)13-20-17(9-10-19-18(20)4-3-5-22(19)29-2)8-6-16-7-11-23-21(12-16)24-14-30-23/h3-5,7,11-12,14,17,20H,6,8-10,13,15H2,1-2H3,(H,26,27,28)/t17?,20-/m1/s1. The first-order chi connectivity index (χ1) is 14.8. The fourth-order valence-corrected chi connectivity index (χ4v) is 6.17. The molecule has 8 heteroatoms. The molecule has 0 fully saturated rings. The molecule has 0 saturated heterocycles. The van der Waals surface area contributed by atoms with Crippen LogP contribution >= 0.6 is 11.3 Å². The zero-order valence-electron chi connectivity index (χ0n) is 17.8. The molecule has 1 unspecified atom stereocenters. The van der Waals surface area contributed by atoms with Crippen LogP contribution < -0.4 is 4.74 Å². The van der Waals surface area contributed by atoms with Crippen molar-refractivity contribution in [3.63, 3.8) is 0 Å². The van der Waals surface area contributed by atoms with E-state index in [0.717, 1.165) is 36.9 Å². The lowest BCUT2D eigenvalue weighted by atomic mass is 9.72. The fraction of sp³-hybridized carbons (Fsp3) is 0.435. The Balaban J connectivity index is 1.56. The van der Waals surface area contributed by atoms with Gasteiger partial charge in [0.2, 0.25) is 0 Å². The third kappa shape index (κ3) is 5.26. The molecule has 3 aromatic rings.